The molecule has 2 aliphatic heterocycles. The van der Waals surface area contributed by atoms with Gasteiger partial charge in [-0.1, -0.05) is 6.92 Å². The average Bonchev–Trinajstić information content (AvgIpc) is 3.43. The Balaban J connectivity index is 1.39. The average molecular weight is 482 g/mol. The third kappa shape index (κ3) is 4.24. The molecule has 10 heteroatoms. The second kappa shape index (κ2) is 8.15. The fraction of sp³-hybridized carbons (Fsp3) is 0.696. The van der Waals surface area contributed by atoms with E-state index in [-0.39, 0.29) is 22.9 Å². The third-order valence-electron chi connectivity index (χ3n) is 7.58. The van der Waals surface area contributed by atoms with Gasteiger partial charge in [0.1, 0.15) is 5.82 Å². The number of hydrogen-bond acceptors (Lipinski definition) is 5. The predicted octanol–water partition coefficient (Wildman–Crippen LogP) is 4.28. The van der Waals surface area contributed by atoms with E-state index in [0.717, 1.165) is 61.9 Å². The molecule has 4 heterocycles. The van der Waals surface area contributed by atoms with Gasteiger partial charge in [-0.15, -0.1) is 0 Å². The fourth-order valence-corrected chi connectivity index (χ4v) is 7.59. The number of likely N-dealkylation sites (tertiary alicyclic amines) is 1. The molecule has 180 valence electrons. The number of pyridine rings is 1. The van der Waals surface area contributed by atoms with E-state index >= 15 is 0 Å². The molecule has 0 N–H and O–H groups in total. The van der Waals surface area contributed by atoms with Gasteiger partial charge in [0.25, 0.3) is 0 Å². The SMILES string of the molecule is CC1CC(N2CCC3(C2)CS(=O)C3)C[C@H]1c1nc(-c2cncc(C(F)(F)F)c2)nn1C(C)C. The summed E-state index contributed by atoms with van der Waals surface area (Å²) >= 11 is 0. The van der Waals surface area contributed by atoms with Crippen molar-refractivity contribution in [3.05, 3.63) is 29.8 Å². The Morgan fingerprint density at radius 1 is 1.21 bits per heavy atom. The first-order valence-corrected chi connectivity index (χ1v) is 13.1. The number of alkyl halides is 3. The second-order valence-corrected chi connectivity index (χ2v) is 11.9. The Morgan fingerprint density at radius 2 is 1.97 bits per heavy atom. The van der Waals surface area contributed by atoms with E-state index in [2.05, 4.69) is 21.9 Å². The molecule has 0 radical (unpaired) electrons. The minimum absolute atomic E-state index is 0.0475. The minimum atomic E-state index is -4.46. The highest BCUT2D eigenvalue weighted by molar-refractivity contribution is 7.86. The lowest BCUT2D eigenvalue weighted by atomic mass is 9.91. The minimum Gasteiger partial charge on any atom is -0.300 e. The maximum Gasteiger partial charge on any atom is 0.417 e. The van der Waals surface area contributed by atoms with E-state index in [4.69, 9.17) is 4.98 Å². The third-order valence-corrected chi connectivity index (χ3v) is 9.45. The molecule has 2 saturated heterocycles. The highest BCUT2D eigenvalue weighted by Crippen LogP contribution is 2.46. The van der Waals surface area contributed by atoms with E-state index in [0.29, 0.717) is 17.8 Å². The van der Waals surface area contributed by atoms with Crippen molar-refractivity contribution in [3.8, 4) is 11.4 Å². The molecule has 2 unspecified atom stereocenters. The Bertz CT molecular complexity index is 1060. The summed E-state index contributed by atoms with van der Waals surface area (Å²) in [4.78, 5) is 11.1. The number of hydrogen-bond donors (Lipinski definition) is 0. The molecule has 3 aliphatic rings. The summed E-state index contributed by atoms with van der Waals surface area (Å²) in [5.41, 5.74) is -0.253. The van der Waals surface area contributed by atoms with Crippen LogP contribution in [0, 0.1) is 11.3 Å². The van der Waals surface area contributed by atoms with Crippen molar-refractivity contribution >= 4 is 10.8 Å². The molecule has 0 amide bonds. The van der Waals surface area contributed by atoms with Crippen molar-refractivity contribution < 1.29 is 17.4 Å². The van der Waals surface area contributed by atoms with Crippen LogP contribution < -0.4 is 0 Å². The van der Waals surface area contributed by atoms with Crippen molar-refractivity contribution in [2.75, 3.05) is 24.6 Å². The van der Waals surface area contributed by atoms with E-state index in [1.54, 1.807) is 0 Å². The van der Waals surface area contributed by atoms with Gasteiger partial charge in [0.05, 0.1) is 5.56 Å². The van der Waals surface area contributed by atoms with Crippen LogP contribution in [-0.4, -0.2) is 59.5 Å². The van der Waals surface area contributed by atoms with Crippen LogP contribution in [0.4, 0.5) is 13.2 Å². The van der Waals surface area contributed by atoms with Crippen LogP contribution in [0.5, 0.6) is 0 Å². The molecule has 0 aromatic carbocycles. The highest BCUT2D eigenvalue weighted by Gasteiger charge is 2.50. The zero-order valence-electron chi connectivity index (χ0n) is 19.2. The standard InChI is InChI=1S/C23H30F3N5OS/c1-14(2)31-21(28-20(29-31)16-7-17(10-27-9-16)23(24,25)26)19-8-18(6-15(19)3)30-5-4-22(11-30)12-33(32)13-22/h7,9-10,14-15,18-19H,4-6,8,11-13H2,1-3H3/t15?,18?,19-,22?,33?/m1/s1. The van der Waals surface area contributed by atoms with Crippen molar-refractivity contribution in [1.29, 1.82) is 0 Å². The first-order valence-electron chi connectivity index (χ1n) is 11.6. The number of halogens is 3. The molecule has 1 spiro atoms. The molecule has 3 fully saturated rings. The van der Waals surface area contributed by atoms with Gasteiger partial charge in [0.15, 0.2) is 5.82 Å². The predicted molar refractivity (Wildman–Crippen MR) is 120 cm³/mol. The lowest BCUT2D eigenvalue weighted by Crippen LogP contribution is -2.47. The maximum atomic E-state index is 13.2. The molecule has 33 heavy (non-hydrogen) atoms. The summed E-state index contributed by atoms with van der Waals surface area (Å²) in [6.07, 6.45) is 0.921. The van der Waals surface area contributed by atoms with Gasteiger partial charge < -0.3 is 0 Å². The largest absolute Gasteiger partial charge is 0.417 e. The van der Waals surface area contributed by atoms with Crippen LogP contribution in [0.1, 0.15) is 63.4 Å². The number of nitrogens with zero attached hydrogens (tertiary/aromatic N) is 5. The van der Waals surface area contributed by atoms with Crippen molar-refractivity contribution in [2.45, 2.75) is 64.2 Å². The quantitative estimate of drug-likeness (QED) is 0.653. The normalized spacial score (nSPS) is 32.7. The van der Waals surface area contributed by atoms with Gasteiger partial charge in [-0.3, -0.25) is 14.1 Å². The number of aromatic nitrogens is 4. The second-order valence-electron chi connectivity index (χ2n) is 10.4. The maximum absolute atomic E-state index is 13.2. The van der Waals surface area contributed by atoms with Crippen molar-refractivity contribution in [3.63, 3.8) is 0 Å². The lowest BCUT2D eigenvalue weighted by Gasteiger charge is -2.38. The van der Waals surface area contributed by atoms with E-state index in [1.807, 2.05) is 18.5 Å². The van der Waals surface area contributed by atoms with Crippen LogP contribution >= 0.6 is 0 Å². The van der Waals surface area contributed by atoms with Gasteiger partial charge in [-0.25, -0.2) is 9.67 Å². The van der Waals surface area contributed by atoms with Crippen LogP contribution in [0.15, 0.2) is 18.5 Å². The fourth-order valence-electron chi connectivity index (χ4n) is 5.84. The summed E-state index contributed by atoms with van der Waals surface area (Å²) in [6.45, 7) is 8.36. The molecule has 6 nitrogen and oxygen atoms in total. The zero-order valence-corrected chi connectivity index (χ0v) is 20.0. The summed E-state index contributed by atoms with van der Waals surface area (Å²) in [6, 6.07) is 1.57. The smallest absolute Gasteiger partial charge is 0.300 e. The van der Waals surface area contributed by atoms with Crippen molar-refractivity contribution in [2.24, 2.45) is 11.3 Å². The highest BCUT2D eigenvalue weighted by atomic mass is 32.2. The molecule has 1 saturated carbocycles. The topological polar surface area (TPSA) is 63.9 Å². The summed E-state index contributed by atoms with van der Waals surface area (Å²) in [7, 11) is -0.636. The van der Waals surface area contributed by atoms with Gasteiger partial charge in [0.2, 0.25) is 0 Å². The van der Waals surface area contributed by atoms with E-state index in [9.17, 15) is 17.4 Å². The molecule has 2 aromatic heterocycles. The molecule has 0 bridgehead atoms. The molecular formula is C23H30F3N5OS. The van der Waals surface area contributed by atoms with Crippen molar-refractivity contribution in [1.82, 2.24) is 24.6 Å². The van der Waals surface area contributed by atoms with Crippen LogP contribution in [0.3, 0.4) is 0 Å². The first-order chi connectivity index (χ1) is 15.5. The Labute approximate surface area is 194 Å². The Morgan fingerprint density at radius 3 is 2.64 bits per heavy atom. The van der Waals surface area contributed by atoms with Crippen LogP contribution in [0.2, 0.25) is 0 Å². The van der Waals surface area contributed by atoms with Gasteiger partial charge in [0, 0.05) is 70.2 Å². The molecular weight excluding hydrogens is 451 g/mol. The molecule has 1 aliphatic carbocycles. The Hall–Kier alpha value is -1.81. The van der Waals surface area contributed by atoms with E-state index < -0.39 is 22.5 Å². The van der Waals surface area contributed by atoms with Gasteiger partial charge in [-0.2, -0.15) is 18.3 Å². The molecule has 5 rings (SSSR count). The molecule has 2 aromatic rings. The number of rotatable bonds is 4. The Kier molecular flexibility index (Phi) is 5.67. The van der Waals surface area contributed by atoms with E-state index in [1.165, 1.54) is 6.20 Å². The summed E-state index contributed by atoms with van der Waals surface area (Å²) in [5, 5.41) is 4.61. The summed E-state index contributed by atoms with van der Waals surface area (Å²) < 4.78 is 53.1. The molecule has 3 atom stereocenters. The zero-order chi connectivity index (χ0) is 23.5. The van der Waals surface area contributed by atoms with Crippen LogP contribution in [0.25, 0.3) is 11.4 Å². The van der Waals surface area contributed by atoms with Gasteiger partial charge >= 0.3 is 6.18 Å². The first kappa shape index (κ1) is 23.0. The lowest BCUT2D eigenvalue weighted by molar-refractivity contribution is -0.137. The summed E-state index contributed by atoms with van der Waals surface area (Å²) in [5.74, 6) is 3.42. The monoisotopic (exact) mass is 481 g/mol. The van der Waals surface area contributed by atoms with Crippen LogP contribution in [-0.2, 0) is 17.0 Å². The van der Waals surface area contributed by atoms with Gasteiger partial charge in [-0.05, 0) is 51.6 Å².